The SMILES string of the molecule is CC(=O)Oc1ccc2c(c1)S(=O)c1cc(F)ccc1N2. The number of fused-ring (bicyclic) bond motifs is 2. The molecule has 1 atom stereocenters. The number of halogens is 1. The molecule has 1 unspecified atom stereocenters. The Morgan fingerprint density at radius 1 is 1.15 bits per heavy atom. The Hall–Kier alpha value is -2.21. The van der Waals surface area contributed by atoms with Gasteiger partial charge in [0.2, 0.25) is 0 Å². The van der Waals surface area contributed by atoms with Crippen LogP contribution < -0.4 is 10.1 Å². The second-order valence-corrected chi connectivity index (χ2v) is 5.70. The molecule has 0 fully saturated rings. The molecule has 0 saturated carbocycles. The lowest BCUT2D eigenvalue weighted by atomic mass is 10.2. The summed E-state index contributed by atoms with van der Waals surface area (Å²) in [6.07, 6.45) is 0. The Kier molecular flexibility index (Phi) is 3.02. The summed E-state index contributed by atoms with van der Waals surface area (Å²) in [6, 6.07) is 8.90. The van der Waals surface area contributed by atoms with Crippen molar-refractivity contribution in [1.82, 2.24) is 0 Å². The molecule has 20 heavy (non-hydrogen) atoms. The zero-order valence-electron chi connectivity index (χ0n) is 10.5. The van der Waals surface area contributed by atoms with Gasteiger partial charge >= 0.3 is 5.97 Å². The van der Waals surface area contributed by atoms with Crippen LogP contribution in [-0.4, -0.2) is 10.2 Å². The number of hydrogen-bond acceptors (Lipinski definition) is 4. The Morgan fingerprint density at radius 3 is 2.50 bits per heavy atom. The maximum Gasteiger partial charge on any atom is 0.308 e. The van der Waals surface area contributed by atoms with Gasteiger partial charge < -0.3 is 10.1 Å². The van der Waals surface area contributed by atoms with Crippen LogP contribution in [0.1, 0.15) is 6.92 Å². The largest absolute Gasteiger partial charge is 0.427 e. The van der Waals surface area contributed by atoms with Crippen molar-refractivity contribution in [2.45, 2.75) is 16.7 Å². The van der Waals surface area contributed by atoms with Gasteiger partial charge in [0.1, 0.15) is 11.6 Å². The fraction of sp³-hybridized carbons (Fsp3) is 0.0714. The highest BCUT2D eigenvalue weighted by atomic mass is 32.2. The van der Waals surface area contributed by atoms with Gasteiger partial charge in [0.05, 0.1) is 32.0 Å². The van der Waals surface area contributed by atoms with Crippen LogP contribution in [0.2, 0.25) is 0 Å². The summed E-state index contributed by atoms with van der Waals surface area (Å²) in [4.78, 5) is 11.8. The molecule has 4 nitrogen and oxygen atoms in total. The Balaban J connectivity index is 2.07. The minimum Gasteiger partial charge on any atom is -0.427 e. The van der Waals surface area contributed by atoms with Gasteiger partial charge in [0.15, 0.2) is 0 Å². The van der Waals surface area contributed by atoms with Crippen molar-refractivity contribution in [1.29, 1.82) is 0 Å². The van der Waals surface area contributed by atoms with Crippen molar-refractivity contribution < 1.29 is 18.1 Å². The third-order valence-electron chi connectivity index (χ3n) is 2.83. The first-order valence-electron chi connectivity index (χ1n) is 5.85. The van der Waals surface area contributed by atoms with Gasteiger partial charge in [-0.15, -0.1) is 0 Å². The molecular formula is C14H10FNO3S. The van der Waals surface area contributed by atoms with Crippen molar-refractivity contribution in [3.8, 4) is 5.75 Å². The molecule has 2 aromatic carbocycles. The third-order valence-corrected chi connectivity index (χ3v) is 4.30. The smallest absolute Gasteiger partial charge is 0.308 e. The molecule has 0 amide bonds. The molecule has 102 valence electrons. The van der Waals surface area contributed by atoms with E-state index < -0.39 is 22.6 Å². The fourth-order valence-electron chi connectivity index (χ4n) is 2.01. The highest BCUT2D eigenvalue weighted by molar-refractivity contribution is 7.85. The number of nitrogens with one attached hydrogen (secondary N) is 1. The molecule has 0 spiro atoms. The highest BCUT2D eigenvalue weighted by Crippen LogP contribution is 2.38. The van der Waals surface area contributed by atoms with Crippen LogP contribution in [0.25, 0.3) is 0 Å². The number of benzene rings is 2. The molecule has 0 radical (unpaired) electrons. The predicted molar refractivity (Wildman–Crippen MR) is 72.1 cm³/mol. The molecule has 0 aromatic heterocycles. The zero-order valence-corrected chi connectivity index (χ0v) is 11.3. The van der Waals surface area contributed by atoms with Crippen LogP contribution in [0.5, 0.6) is 5.75 Å². The average Bonchev–Trinajstić information content (AvgIpc) is 2.40. The van der Waals surface area contributed by atoms with Crippen molar-refractivity contribution in [2.24, 2.45) is 0 Å². The van der Waals surface area contributed by atoms with Gasteiger partial charge in [-0.1, -0.05) is 0 Å². The summed E-state index contributed by atoms with van der Waals surface area (Å²) in [5.41, 5.74) is 1.26. The summed E-state index contributed by atoms with van der Waals surface area (Å²) in [5, 5.41) is 3.08. The van der Waals surface area contributed by atoms with Crippen LogP contribution in [0.3, 0.4) is 0 Å². The molecule has 6 heteroatoms. The van der Waals surface area contributed by atoms with E-state index in [1.807, 2.05) is 0 Å². The average molecular weight is 291 g/mol. The number of esters is 1. The first-order valence-corrected chi connectivity index (χ1v) is 7.00. The topological polar surface area (TPSA) is 55.4 Å². The molecular weight excluding hydrogens is 281 g/mol. The summed E-state index contributed by atoms with van der Waals surface area (Å²) < 4.78 is 30.7. The van der Waals surface area contributed by atoms with Crippen molar-refractivity contribution >= 4 is 28.1 Å². The van der Waals surface area contributed by atoms with Crippen LogP contribution in [0, 0.1) is 5.82 Å². The van der Waals surface area contributed by atoms with E-state index in [-0.39, 0.29) is 0 Å². The van der Waals surface area contributed by atoms with Gasteiger partial charge in [-0.2, -0.15) is 0 Å². The molecule has 2 aromatic rings. The van der Waals surface area contributed by atoms with Crippen LogP contribution in [0.15, 0.2) is 46.2 Å². The van der Waals surface area contributed by atoms with E-state index in [9.17, 15) is 13.4 Å². The number of anilines is 2. The quantitative estimate of drug-likeness (QED) is 0.553. The lowest BCUT2D eigenvalue weighted by Gasteiger charge is -2.21. The molecule has 0 bridgehead atoms. The summed E-state index contributed by atoms with van der Waals surface area (Å²) >= 11 is 0. The van der Waals surface area contributed by atoms with E-state index in [1.54, 1.807) is 18.2 Å². The maximum absolute atomic E-state index is 13.3. The van der Waals surface area contributed by atoms with E-state index in [0.29, 0.717) is 26.9 Å². The standard InChI is InChI=1S/C14H10FNO3S/c1-8(17)19-10-3-5-12-14(7-10)20(18)13-6-9(15)2-4-11(13)16-12/h2-7,16H,1H3. The van der Waals surface area contributed by atoms with Gasteiger partial charge in [-0.25, -0.2) is 8.60 Å². The molecule has 1 N–H and O–H groups in total. The molecule has 1 aliphatic rings. The second kappa shape index (κ2) is 4.72. The Labute approximate surface area is 117 Å². The van der Waals surface area contributed by atoms with Gasteiger partial charge in [-0.05, 0) is 36.4 Å². The van der Waals surface area contributed by atoms with Crippen molar-refractivity contribution in [2.75, 3.05) is 5.32 Å². The third kappa shape index (κ3) is 2.18. The second-order valence-electron chi connectivity index (χ2n) is 4.29. The molecule has 1 aliphatic heterocycles. The molecule has 0 saturated heterocycles. The molecule has 3 rings (SSSR count). The van der Waals surface area contributed by atoms with Crippen LogP contribution in [0.4, 0.5) is 15.8 Å². The van der Waals surface area contributed by atoms with E-state index in [0.717, 1.165) is 0 Å². The van der Waals surface area contributed by atoms with E-state index >= 15 is 0 Å². The summed E-state index contributed by atoms with van der Waals surface area (Å²) in [5.74, 6) is -0.587. The number of rotatable bonds is 1. The van der Waals surface area contributed by atoms with Crippen molar-refractivity contribution in [3.05, 3.63) is 42.2 Å². The Bertz CT molecular complexity index is 745. The number of hydrogen-bond donors (Lipinski definition) is 1. The van der Waals surface area contributed by atoms with E-state index in [2.05, 4.69) is 5.32 Å². The van der Waals surface area contributed by atoms with Crippen molar-refractivity contribution in [3.63, 3.8) is 0 Å². The van der Waals surface area contributed by atoms with E-state index in [1.165, 1.54) is 25.1 Å². The lowest BCUT2D eigenvalue weighted by molar-refractivity contribution is -0.131. The minimum absolute atomic E-state index is 0.311. The van der Waals surface area contributed by atoms with Gasteiger partial charge in [0, 0.05) is 6.92 Å². The lowest BCUT2D eigenvalue weighted by Crippen LogP contribution is -2.10. The predicted octanol–water partition coefficient (Wildman–Crippen LogP) is 2.97. The van der Waals surface area contributed by atoms with E-state index in [4.69, 9.17) is 4.74 Å². The molecule has 1 heterocycles. The first kappa shape index (κ1) is 12.8. The highest BCUT2D eigenvalue weighted by Gasteiger charge is 2.23. The normalized spacial score (nSPS) is 15.8. The van der Waals surface area contributed by atoms with Gasteiger partial charge in [0.25, 0.3) is 0 Å². The fourth-order valence-corrected chi connectivity index (χ4v) is 3.32. The maximum atomic E-state index is 13.3. The minimum atomic E-state index is -1.52. The monoisotopic (exact) mass is 291 g/mol. The zero-order chi connectivity index (χ0) is 14.3. The van der Waals surface area contributed by atoms with Gasteiger partial charge in [-0.3, -0.25) is 4.79 Å². The number of carbonyl (C=O) groups is 1. The summed E-state index contributed by atoms with van der Waals surface area (Å²) in [7, 11) is -1.52. The molecule has 0 aliphatic carbocycles. The first-order chi connectivity index (χ1) is 9.54. The number of ether oxygens (including phenoxy) is 1. The Morgan fingerprint density at radius 2 is 1.80 bits per heavy atom. The van der Waals surface area contributed by atoms with Crippen LogP contribution in [-0.2, 0) is 15.6 Å². The van der Waals surface area contributed by atoms with Crippen LogP contribution >= 0.6 is 0 Å². The number of carbonyl (C=O) groups excluding carboxylic acids is 1. The summed E-state index contributed by atoms with van der Waals surface area (Å²) in [6.45, 7) is 1.29.